The largest absolute Gasteiger partial charge is 0.324 e. The molecule has 1 fully saturated rings. The highest BCUT2D eigenvalue weighted by molar-refractivity contribution is 7.88. The van der Waals surface area contributed by atoms with E-state index in [-0.39, 0.29) is 10.9 Å². The predicted molar refractivity (Wildman–Crippen MR) is 82.1 cm³/mol. The van der Waals surface area contributed by atoms with Gasteiger partial charge in [-0.1, -0.05) is 23.7 Å². The molecule has 1 aromatic carbocycles. The maximum Gasteiger partial charge on any atom is 0.211 e. The van der Waals surface area contributed by atoms with Crippen LogP contribution in [0.25, 0.3) is 0 Å². The first-order valence-electron chi connectivity index (χ1n) is 6.93. The number of benzene rings is 1. The third kappa shape index (κ3) is 4.16. The zero-order chi connectivity index (χ0) is 15.6. The fraction of sp³-hybridized carbons (Fsp3) is 0.571. The fourth-order valence-corrected chi connectivity index (χ4v) is 3.94. The number of hydrogen-bond donors (Lipinski definition) is 1. The smallest absolute Gasteiger partial charge is 0.211 e. The summed E-state index contributed by atoms with van der Waals surface area (Å²) in [5.41, 5.74) is 6.47. The van der Waals surface area contributed by atoms with Crippen LogP contribution in [0.2, 0.25) is 5.02 Å². The van der Waals surface area contributed by atoms with Gasteiger partial charge in [0.1, 0.15) is 5.82 Å². The summed E-state index contributed by atoms with van der Waals surface area (Å²) in [6, 6.07) is 4.31. The first-order valence-corrected chi connectivity index (χ1v) is 9.16. The van der Waals surface area contributed by atoms with Gasteiger partial charge in [-0.3, -0.25) is 0 Å². The molecule has 1 aliphatic heterocycles. The van der Waals surface area contributed by atoms with Gasteiger partial charge in [-0.05, 0) is 31.2 Å². The van der Waals surface area contributed by atoms with Crippen LogP contribution in [-0.4, -0.2) is 32.1 Å². The first-order chi connectivity index (χ1) is 9.79. The lowest BCUT2D eigenvalue weighted by atomic mass is 9.90. The van der Waals surface area contributed by atoms with Crippen molar-refractivity contribution in [3.8, 4) is 0 Å². The van der Waals surface area contributed by atoms with Crippen LogP contribution in [0, 0.1) is 11.7 Å². The number of piperidine rings is 1. The molecule has 7 heteroatoms. The summed E-state index contributed by atoms with van der Waals surface area (Å²) in [5.74, 6) is -0.343. The van der Waals surface area contributed by atoms with Gasteiger partial charge in [-0.15, -0.1) is 0 Å². The lowest BCUT2D eigenvalue weighted by Crippen LogP contribution is -2.40. The topological polar surface area (TPSA) is 63.4 Å². The average Bonchev–Trinajstić information content (AvgIpc) is 2.41. The van der Waals surface area contributed by atoms with Crippen molar-refractivity contribution in [1.29, 1.82) is 0 Å². The fourth-order valence-electron chi connectivity index (χ4n) is 2.81. The van der Waals surface area contributed by atoms with Crippen LogP contribution < -0.4 is 5.73 Å². The van der Waals surface area contributed by atoms with Gasteiger partial charge in [-0.2, -0.15) is 0 Å². The van der Waals surface area contributed by atoms with E-state index in [0.717, 1.165) is 12.8 Å². The summed E-state index contributed by atoms with van der Waals surface area (Å²) in [4.78, 5) is 0. The minimum atomic E-state index is -3.18. The van der Waals surface area contributed by atoms with E-state index in [4.69, 9.17) is 17.3 Å². The van der Waals surface area contributed by atoms with Crippen LogP contribution in [0.5, 0.6) is 0 Å². The molecule has 2 unspecified atom stereocenters. The van der Waals surface area contributed by atoms with Gasteiger partial charge >= 0.3 is 0 Å². The Bertz CT molecular complexity index is 609. The Morgan fingerprint density at radius 3 is 2.90 bits per heavy atom. The van der Waals surface area contributed by atoms with Crippen molar-refractivity contribution in [2.75, 3.05) is 19.3 Å². The van der Waals surface area contributed by atoms with Crippen LogP contribution in [0.15, 0.2) is 18.2 Å². The van der Waals surface area contributed by atoms with E-state index in [0.29, 0.717) is 25.1 Å². The highest BCUT2D eigenvalue weighted by Gasteiger charge is 2.28. The number of nitrogens with zero attached hydrogens (tertiary/aromatic N) is 1. The van der Waals surface area contributed by atoms with Gasteiger partial charge in [0.15, 0.2) is 0 Å². The molecular weight excluding hydrogens is 315 g/mol. The Labute approximate surface area is 130 Å². The van der Waals surface area contributed by atoms with E-state index < -0.39 is 21.9 Å². The van der Waals surface area contributed by atoms with Gasteiger partial charge in [0, 0.05) is 24.7 Å². The zero-order valence-electron chi connectivity index (χ0n) is 11.9. The van der Waals surface area contributed by atoms with Crippen molar-refractivity contribution in [2.24, 2.45) is 11.7 Å². The van der Waals surface area contributed by atoms with E-state index in [1.165, 1.54) is 16.6 Å². The number of rotatable bonds is 4. The van der Waals surface area contributed by atoms with Crippen molar-refractivity contribution >= 4 is 21.6 Å². The molecule has 2 N–H and O–H groups in total. The lowest BCUT2D eigenvalue weighted by molar-refractivity contribution is 0.246. The van der Waals surface area contributed by atoms with Crippen molar-refractivity contribution in [3.05, 3.63) is 34.6 Å². The number of nitrogens with two attached hydrogens (primary N) is 1. The van der Waals surface area contributed by atoms with Crippen molar-refractivity contribution in [1.82, 2.24) is 4.31 Å². The monoisotopic (exact) mass is 334 g/mol. The third-order valence-electron chi connectivity index (χ3n) is 3.92. The van der Waals surface area contributed by atoms with Crippen molar-refractivity contribution in [2.45, 2.75) is 25.3 Å². The van der Waals surface area contributed by atoms with E-state index in [1.54, 1.807) is 12.1 Å². The molecule has 4 nitrogen and oxygen atoms in total. The number of halogens is 2. The van der Waals surface area contributed by atoms with Crippen LogP contribution in [0.3, 0.4) is 0 Å². The molecule has 0 aliphatic carbocycles. The minimum Gasteiger partial charge on any atom is -0.324 e. The van der Waals surface area contributed by atoms with Crippen LogP contribution in [-0.2, 0) is 10.0 Å². The second kappa shape index (κ2) is 6.60. The standard InChI is InChI=1S/C14H20ClFN2O2S/c1-21(19,20)18-7-3-4-10(9-18)8-13(17)11-5-2-6-12(15)14(11)16/h2,5-6,10,13H,3-4,7-9,17H2,1H3. The highest BCUT2D eigenvalue weighted by atomic mass is 35.5. The maximum absolute atomic E-state index is 14.0. The van der Waals surface area contributed by atoms with Crippen LogP contribution in [0.1, 0.15) is 30.9 Å². The number of sulfonamides is 1. The first kappa shape index (κ1) is 16.7. The van der Waals surface area contributed by atoms with Gasteiger partial charge < -0.3 is 5.73 Å². The molecule has 2 atom stereocenters. The SMILES string of the molecule is CS(=O)(=O)N1CCCC(CC(N)c2cccc(Cl)c2F)C1. The molecule has 21 heavy (non-hydrogen) atoms. The summed E-state index contributed by atoms with van der Waals surface area (Å²) < 4.78 is 38.6. The average molecular weight is 335 g/mol. The summed E-state index contributed by atoms with van der Waals surface area (Å²) in [6.45, 7) is 1.00. The van der Waals surface area contributed by atoms with Crippen molar-refractivity contribution in [3.63, 3.8) is 0 Å². The molecular formula is C14H20ClFN2O2S. The predicted octanol–water partition coefficient (Wildman–Crippen LogP) is 2.54. The molecule has 1 heterocycles. The Kier molecular flexibility index (Phi) is 5.24. The second-order valence-electron chi connectivity index (χ2n) is 5.61. The van der Waals surface area contributed by atoms with E-state index in [2.05, 4.69) is 0 Å². The quantitative estimate of drug-likeness (QED) is 0.920. The molecule has 0 bridgehead atoms. The molecule has 0 amide bonds. The van der Waals surface area contributed by atoms with E-state index >= 15 is 0 Å². The molecule has 0 radical (unpaired) electrons. The van der Waals surface area contributed by atoms with Crippen molar-refractivity contribution < 1.29 is 12.8 Å². The van der Waals surface area contributed by atoms with Crippen LogP contribution >= 0.6 is 11.6 Å². The molecule has 1 saturated heterocycles. The van der Waals surface area contributed by atoms with E-state index in [1.807, 2.05) is 0 Å². The Hall–Kier alpha value is -0.690. The van der Waals surface area contributed by atoms with Crippen LogP contribution in [0.4, 0.5) is 4.39 Å². The Morgan fingerprint density at radius 1 is 1.52 bits per heavy atom. The van der Waals surface area contributed by atoms with E-state index in [9.17, 15) is 12.8 Å². The minimum absolute atomic E-state index is 0.0596. The molecule has 1 aliphatic rings. The highest BCUT2D eigenvalue weighted by Crippen LogP contribution is 2.30. The van der Waals surface area contributed by atoms with Gasteiger partial charge in [0.05, 0.1) is 11.3 Å². The summed E-state index contributed by atoms with van der Waals surface area (Å²) >= 11 is 5.77. The molecule has 0 aromatic heterocycles. The van der Waals surface area contributed by atoms with Gasteiger partial charge in [0.25, 0.3) is 0 Å². The normalized spacial score (nSPS) is 22.2. The number of hydrogen-bond acceptors (Lipinski definition) is 3. The summed E-state index contributed by atoms with van der Waals surface area (Å²) in [6.07, 6.45) is 3.47. The lowest BCUT2D eigenvalue weighted by Gasteiger charge is -2.32. The zero-order valence-corrected chi connectivity index (χ0v) is 13.5. The maximum atomic E-state index is 14.0. The summed E-state index contributed by atoms with van der Waals surface area (Å²) in [7, 11) is -3.18. The summed E-state index contributed by atoms with van der Waals surface area (Å²) in [5, 5.41) is 0.0596. The van der Waals surface area contributed by atoms with Gasteiger partial charge in [0.2, 0.25) is 10.0 Å². The molecule has 0 saturated carbocycles. The molecule has 0 spiro atoms. The Morgan fingerprint density at radius 2 is 2.24 bits per heavy atom. The molecule has 1 aromatic rings. The Balaban J connectivity index is 2.06. The molecule has 118 valence electrons. The van der Waals surface area contributed by atoms with Gasteiger partial charge in [-0.25, -0.2) is 17.1 Å². The third-order valence-corrected chi connectivity index (χ3v) is 5.48. The second-order valence-corrected chi connectivity index (χ2v) is 8.00. The molecule has 2 rings (SSSR count).